The Kier molecular flexibility index (Phi) is 7.72. The summed E-state index contributed by atoms with van der Waals surface area (Å²) in [7, 11) is 0. The van der Waals surface area contributed by atoms with Crippen LogP contribution >= 0.6 is 0 Å². The number of benzene rings is 2. The van der Waals surface area contributed by atoms with Crippen LogP contribution in [-0.4, -0.2) is 71.4 Å². The fourth-order valence-corrected chi connectivity index (χ4v) is 5.30. The zero-order chi connectivity index (χ0) is 27.4. The maximum Gasteiger partial charge on any atom is 0.254 e. The van der Waals surface area contributed by atoms with E-state index in [1.165, 1.54) is 0 Å². The molecule has 10 heteroatoms. The van der Waals surface area contributed by atoms with Crippen molar-refractivity contribution in [2.45, 2.75) is 32.2 Å². The van der Waals surface area contributed by atoms with Gasteiger partial charge in [-0.05, 0) is 68.1 Å². The predicted molar refractivity (Wildman–Crippen MR) is 150 cm³/mol. The third kappa shape index (κ3) is 5.69. The molecule has 10 nitrogen and oxygen atoms in total. The molecule has 3 heterocycles. The van der Waals surface area contributed by atoms with Crippen LogP contribution < -0.4 is 20.9 Å². The minimum atomic E-state index is -0.441. The molecular formula is C29H33N7O3. The number of nitrogens with one attached hydrogen (secondary N) is 1. The molecule has 0 spiro atoms. The van der Waals surface area contributed by atoms with Gasteiger partial charge in [0.05, 0.1) is 11.4 Å². The standard InChI is InChI=1S/C29H33N7O3/c1-2-36-24-12-11-22(28(39)34-15-17-35(18-16-34)29-31-13-4-14-32-29)19-23(24)33-27(38)25(36)6-3-5-20-7-9-21(10-8-20)26(30)37/h4,7-14,19,25H,2-3,5-6,15-18H2,1H3,(H2,30,37)(H,33,38). The van der Waals surface area contributed by atoms with Crippen LogP contribution in [0.15, 0.2) is 60.9 Å². The Bertz CT molecular complexity index is 1340. The molecule has 3 amide bonds. The Hall–Kier alpha value is -4.47. The van der Waals surface area contributed by atoms with E-state index in [2.05, 4.69) is 25.1 Å². The highest BCUT2D eigenvalue weighted by Gasteiger charge is 2.32. The molecule has 1 fully saturated rings. The lowest BCUT2D eigenvalue weighted by atomic mass is 9.99. The van der Waals surface area contributed by atoms with Crippen molar-refractivity contribution in [2.24, 2.45) is 5.73 Å². The Morgan fingerprint density at radius 3 is 2.36 bits per heavy atom. The first kappa shape index (κ1) is 26.1. The summed E-state index contributed by atoms with van der Waals surface area (Å²) in [4.78, 5) is 52.3. The summed E-state index contributed by atoms with van der Waals surface area (Å²) >= 11 is 0. The summed E-state index contributed by atoms with van der Waals surface area (Å²) in [5.74, 6) is 0.127. The number of hydrogen-bond donors (Lipinski definition) is 2. The van der Waals surface area contributed by atoms with E-state index in [0.29, 0.717) is 61.9 Å². The number of carbonyl (C=O) groups excluding carboxylic acids is 3. The number of anilines is 3. The predicted octanol–water partition coefficient (Wildman–Crippen LogP) is 2.71. The third-order valence-electron chi connectivity index (χ3n) is 7.41. The van der Waals surface area contributed by atoms with Crippen molar-refractivity contribution >= 4 is 35.0 Å². The third-order valence-corrected chi connectivity index (χ3v) is 7.41. The topological polar surface area (TPSA) is 125 Å². The molecule has 0 bridgehead atoms. The van der Waals surface area contributed by atoms with E-state index in [1.807, 2.05) is 36.1 Å². The molecule has 202 valence electrons. The number of primary amides is 1. The SMILES string of the molecule is CCN1c2ccc(C(=O)N3CCN(c4ncccn4)CC3)cc2NC(=O)C1CCCc1ccc(C(N)=O)cc1. The molecular weight excluding hydrogens is 494 g/mol. The monoisotopic (exact) mass is 527 g/mol. The maximum absolute atomic E-state index is 13.3. The minimum absolute atomic E-state index is 0.0480. The molecule has 3 aromatic rings. The van der Waals surface area contributed by atoms with Gasteiger partial charge in [0, 0.05) is 56.2 Å². The Balaban J connectivity index is 1.21. The molecule has 39 heavy (non-hydrogen) atoms. The van der Waals surface area contributed by atoms with Crippen molar-refractivity contribution in [2.75, 3.05) is 47.8 Å². The molecule has 0 aliphatic carbocycles. The molecule has 0 radical (unpaired) electrons. The van der Waals surface area contributed by atoms with Gasteiger partial charge in [0.1, 0.15) is 6.04 Å². The van der Waals surface area contributed by atoms with E-state index < -0.39 is 5.91 Å². The minimum Gasteiger partial charge on any atom is -0.366 e. The zero-order valence-electron chi connectivity index (χ0n) is 22.0. The lowest BCUT2D eigenvalue weighted by Crippen LogP contribution is -2.49. The second-order valence-corrected chi connectivity index (χ2v) is 9.80. The number of hydrogen-bond acceptors (Lipinski definition) is 7. The molecule has 1 aromatic heterocycles. The maximum atomic E-state index is 13.3. The van der Waals surface area contributed by atoms with Crippen LogP contribution in [0.1, 0.15) is 46.0 Å². The van der Waals surface area contributed by atoms with Gasteiger partial charge < -0.3 is 25.8 Å². The van der Waals surface area contributed by atoms with E-state index in [-0.39, 0.29) is 17.9 Å². The summed E-state index contributed by atoms with van der Waals surface area (Å²) in [6.45, 7) is 5.20. The van der Waals surface area contributed by atoms with Gasteiger partial charge in [-0.15, -0.1) is 0 Å². The zero-order valence-corrected chi connectivity index (χ0v) is 22.0. The number of amides is 3. The summed E-state index contributed by atoms with van der Waals surface area (Å²) in [5.41, 5.74) is 9.06. The highest BCUT2D eigenvalue weighted by atomic mass is 16.2. The molecule has 1 atom stereocenters. The fourth-order valence-electron chi connectivity index (χ4n) is 5.30. The number of piperazine rings is 1. The first-order valence-electron chi connectivity index (χ1n) is 13.4. The van der Waals surface area contributed by atoms with E-state index in [0.717, 1.165) is 24.1 Å². The number of aryl methyl sites for hydroxylation is 1. The van der Waals surface area contributed by atoms with Gasteiger partial charge in [0.15, 0.2) is 0 Å². The van der Waals surface area contributed by atoms with Gasteiger partial charge in [0.2, 0.25) is 17.8 Å². The number of fused-ring (bicyclic) bond motifs is 1. The van der Waals surface area contributed by atoms with Gasteiger partial charge >= 0.3 is 0 Å². The first-order chi connectivity index (χ1) is 18.9. The summed E-state index contributed by atoms with van der Waals surface area (Å²) in [5, 5.41) is 3.04. The molecule has 2 aliphatic rings. The van der Waals surface area contributed by atoms with Crippen molar-refractivity contribution in [3.8, 4) is 0 Å². The highest BCUT2D eigenvalue weighted by molar-refractivity contribution is 6.05. The Labute approximate surface area is 227 Å². The summed E-state index contributed by atoms with van der Waals surface area (Å²) in [6, 6.07) is 14.4. The summed E-state index contributed by atoms with van der Waals surface area (Å²) in [6.07, 6.45) is 5.74. The number of nitrogens with two attached hydrogens (primary N) is 1. The van der Waals surface area contributed by atoms with E-state index in [4.69, 9.17) is 5.73 Å². The number of carbonyl (C=O) groups is 3. The highest BCUT2D eigenvalue weighted by Crippen LogP contribution is 2.34. The molecule has 1 unspecified atom stereocenters. The second-order valence-electron chi connectivity index (χ2n) is 9.80. The Morgan fingerprint density at radius 1 is 1.00 bits per heavy atom. The van der Waals surface area contributed by atoms with E-state index >= 15 is 0 Å². The van der Waals surface area contributed by atoms with Crippen LogP contribution in [0.3, 0.4) is 0 Å². The number of rotatable bonds is 8. The van der Waals surface area contributed by atoms with Gasteiger partial charge in [-0.2, -0.15) is 0 Å². The normalized spacial score (nSPS) is 17.0. The fraction of sp³-hybridized carbons (Fsp3) is 0.345. The van der Waals surface area contributed by atoms with Crippen molar-refractivity contribution < 1.29 is 14.4 Å². The lowest BCUT2D eigenvalue weighted by Gasteiger charge is -2.38. The summed E-state index contributed by atoms with van der Waals surface area (Å²) < 4.78 is 0. The number of nitrogens with zero attached hydrogens (tertiary/aromatic N) is 5. The van der Waals surface area contributed by atoms with Gasteiger partial charge in [-0.3, -0.25) is 14.4 Å². The van der Waals surface area contributed by atoms with Crippen LogP contribution in [0.4, 0.5) is 17.3 Å². The first-order valence-corrected chi connectivity index (χ1v) is 13.4. The molecule has 5 rings (SSSR count). The molecule has 1 saturated heterocycles. The van der Waals surface area contributed by atoms with Crippen LogP contribution in [0.2, 0.25) is 0 Å². The average Bonchev–Trinajstić information content (AvgIpc) is 2.97. The van der Waals surface area contributed by atoms with Crippen LogP contribution in [0.5, 0.6) is 0 Å². The van der Waals surface area contributed by atoms with E-state index in [9.17, 15) is 14.4 Å². The largest absolute Gasteiger partial charge is 0.366 e. The number of likely N-dealkylation sites (N-methyl/N-ethyl adjacent to an activating group) is 1. The smallest absolute Gasteiger partial charge is 0.254 e. The Morgan fingerprint density at radius 2 is 1.69 bits per heavy atom. The van der Waals surface area contributed by atoms with Crippen LogP contribution in [-0.2, 0) is 11.2 Å². The van der Waals surface area contributed by atoms with E-state index in [1.54, 1.807) is 36.7 Å². The molecule has 2 aromatic carbocycles. The van der Waals surface area contributed by atoms with Gasteiger partial charge in [-0.1, -0.05) is 12.1 Å². The van der Waals surface area contributed by atoms with Crippen molar-refractivity contribution in [1.29, 1.82) is 0 Å². The quantitative estimate of drug-likeness (QED) is 0.461. The van der Waals surface area contributed by atoms with Crippen molar-refractivity contribution in [1.82, 2.24) is 14.9 Å². The lowest BCUT2D eigenvalue weighted by molar-refractivity contribution is -0.117. The second kappa shape index (κ2) is 11.5. The van der Waals surface area contributed by atoms with Crippen molar-refractivity contribution in [3.63, 3.8) is 0 Å². The average molecular weight is 528 g/mol. The van der Waals surface area contributed by atoms with Gasteiger partial charge in [-0.25, -0.2) is 9.97 Å². The number of aromatic nitrogens is 2. The molecule has 2 aliphatic heterocycles. The molecule has 3 N–H and O–H groups in total. The van der Waals surface area contributed by atoms with Crippen molar-refractivity contribution in [3.05, 3.63) is 77.6 Å². The van der Waals surface area contributed by atoms with Gasteiger partial charge in [0.25, 0.3) is 5.91 Å². The van der Waals surface area contributed by atoms with Crippen LogP contribution in [0.25, 0.3) is 0 Å². The van der Waals surface area contributed by atoms with Crippen LogP contribution in [0, 0.1) is 0 Å². The molecule has 0 saturated carbocycles.